The van der Waals surface area contributed by atoms with Crippen molar-refractivity contribution >= 4 is 21.8 Å². The highest BCUT2D eigenvalue weighted by Gasteiger charge is 2.28. The first-order valence-electron chi connectivity index (χ1n) is 7.06. The van der Waals surface area contributed by atoms with Crippen LogP contribution in [-0.2, 0) is 23.2 Å². The minimum absolute atomic E-state index is 0.437. The number of rotatable bonds is 4. The van der Waals surface area contributed by atoms with Crippen LogP contribution in [0.15, 0.2) is 18.2 Å². The fraction of sp³-hybridized carbons (Fsp3) is 0.571. The third-order valence-corrected chi connectivity index (χ3v) is 6.02. The highest BCUT2D eigenvalue weighted by Crippen LogP contribution is 2.26. The molecule has 1 N–H and O–H groups in total. The lowest BCUT2D eigenvalue weighted by Gasteiger charge is -2.30. The Morgan fingerprint density at radius 3 is 2.80 bits per heavy atom. The standard InChI is InChI=1S/C14H19ClN2O2S/c15-14-5-4-13-10-17(7-6-12(13)8-14)20(18,19)16-9-11-2-1-3-11/h4-5,8,11,16H,1-3,6-7,9-10H2. The van der Waals surface area contributed by atoms with Crippen LogP contribution in [0.2, 0.25) is 5.02 Å². The SMILES string of the molecule is O=S(=O)(NCC1CCC1)N1CCc2cc(Cl)ccc2C1. The molecule has 1 aliphatic carbocycles. The van der Waals surface area contributed by atoms with Gasteiger partial charge < -0.3 is 0 Å². The first kappa shape index (κ1) is 14.3. The second-order valence-electron chi connectivity index (χ2n) is 5.65. The monoisotopic (exact) mass is 314 g/mol. The maximum absolute atomic E-state index is 12.3. The molecule has 6 heteroatoms. The second kappa shape index (κ2) is 5.64. The van der Waals surface area contributed by atoms with Gasteiger partial charge in [0.15, 0.2) is 0 Å². The van der Waals surface area contributed by atoms with E-state index in [0.29, 0.717) is 30.6 Å². The minimum Gasteiger partial charge on any atom is -0.202 e. The van der Waals surface area contributed by atoms with Gasteiger partial charge in [0, 0.05) is 24.7 Å². The van der Waals surface area contributed by atoms with Crippen LogP contribution in [0.1, 0.15) is 30.4 Å². The van der Waals surface area contributed by atoms with E-state index < -0.39 is 10.2 Å². The van der Waals surface area contributed by atoms with Crippen LogP contribution in [0.3, 0.4) is 0 Å². The van der Waals surface area contributed by atoms with Gasteiger partial charge >= 0.3 is 0 Å². The van der Waals surface area contributed by atoms with Crippen molar-refractivity contribution in [2.45, 2.75) is 32.2 Å². The van der Waals surface area contributed by atoms with Crippen molar-refractivity contribution in [3.63, 3.8) is 0 Å². The molecule has 0 amide bonds. The molecular formula is C14H19ClN2O2S. The molecule has 1 aromatic rings. The Labute approximate surface area is 125 Å². The first-order chi connectivity index (χ1) is 9.54. The number of hydrogen-bond acceptors (Lipinski definition) is 2. The molecule has 1 fully saturated rings. The molecule has 0 bridgehead atoms. The molecule has 0 radical (unpaired) electrons. The fourth-order valence-electron chi connectivity index (χ4n) is 2.71. The maximum Gasteiger partial charge on any atom is 0.279 e. The van der Waals surface area contributed by atoms with Crippen molar-refractivity contribution in [2.75, 3.05) is 13.1 Å². The molecule has 4 nitrogen and oxygen atoms in total. The van der Waals surface area contributed by atoms with Gasteiger partial charge in [-0.3, -0.25) is 0 Å². The molecule has 1 saturated carbocycles. The highest BCUT2D eigenvalue weighted by molar-refractivity contribution is 7.87. The molecule has 3 rings (SSSR count). The molecule has 0 spiro atoms. The minimum atomic E-state index is -3.36. The smallest absolute Gasteiger partial charge is 0.202 e. The van der Waals surface area contributed by atoms with E-state index in [0.717, 1.165) is 30.4 Å². The molecule has 1 aromatic carbocycles. The molecule has 20 heavy (non-hydrogen) atoms. The lowest BCUT2D eigenvalue weighted by molar-refractivity contribution is 0.309. The summed E-state index contributed by atoms with van der Waals surface area (Å²) in [5.74, 6) is 0.528. The van der Waals surface area contributed by atoms with Gasteiger partial charge in [-0.25, -0.2) is 4.72 Å². The predicted octanol–water partition coefficient (Wildman–Crippen LogP) is 2.33. The molecule has 2 aliphatic rings. The average molecular weight is 315 g/mol. The van der Waals surface area contributed by atoms with E-state index in [-0.39, 0.29) is 0 Å². The molecule has 0 aromatic heterocycles. The van der Waals surface area contributed by atoms with Gasteiger partial charge in [-0.05, 0) is 48.4 Å². The second-order valence-corrected chi connectivity index (χ2v) is 7.84. The highest BCUT2D eigenvalue weighted by atomic mass is 35.5. The Bertz CT molecular complexity index is 599. The number of nitrogens with one attached hydrogen (secondary N) is 1. The van der Waals surface area contributed by atoms with Crippen LogP contribution < -0.4 is 4.72 Å². The number of fused-ring (bicyclic) bond motifs is 1. The third-order valence-electron chi connectivity index (χ3n) is 4.26. The summed E-state index contributed by atoms with van der Waals surface area (Å²) in [5, 5.41) is 0.711. The molecular weight excluding hydrogens is 296 g/mol. The lowest BCUT2D eigenvalue weighted by atomic mass is 9.86. The van der Waals surface area contributed by atoms with E-state index in [9.17, 15) is 8.42 Å². The molecule has 0 saturated heterocycles. The van der Waals surface area contributed by atoms with Gasteiger partial charge in [-0.15, -0.1) is 0 Å². The molecule has 110 valence electrons. The lowest BCUT2D eigenvalue weighted by Crippen LogP contribution is -2.45. The third kappa shape index (κ3) is 3.01. The van der Waals surface area contributed by atoms with Crippen molar-refractivity contribution in [2.24, 2.45) is 5.92 Å². The van der Waals surface area contributed by atoms with Crippen molar-refractivity contribution in [1.82, 2.24) is 9.03 Å². The van der Waals surface area contributed by atoms with Crippen LogP contribution in [-0.4, -0.2) is 25.8 Å². The van der Waals surface area contributed by atoms with Crippen LogP contribution in [0, 0.1) is 5.92 Å². The molecule has 1 heterocycles. The Hall–Kier alpha value is -0.620. The molecule has 0 unspecified atom stereocenters. The maximum atomic E-state index is 12.3. The van der Waals surface area contributed by atoms with Crippen molar-refractivity contribution in [1.29, 1.82) is 0 Å². The van der Waals surface area contributed by atoms with Crippen LogP contribution in [0.25, 0.3) is 0 Å². The summed E-state index contributed by atoms with van der Waals surface area (Å²) in [6, 6.07) is 5.67. The largest absolute Gasteiger partial charge is 0.279 e. The van der Waals surface area contributed by atoms with Crippen LogP contribution >= 0.6 is 11.6 Å². The van der Waals surface area contributed by atoms with E-state index in [1.165, 1.54) is 10.7 Å². The molecule has 1 aliphatic heterocycles. The summed E-state index contributed by atoms with van der Waals surface area (Å²) < 4.78 is 28.9. The van der Waals surface area contributed by atoms with Crippen molar-refractivity contribution in [3.8, 4) is 0 Å². The van der Waals surface area contributed by atoms with Gasteiger partial charge in [0.05, 0.1) is 0 Å². The summed E-state index contributed by atoms with van der Waals surface area (Å²) in [7, 11) is -3.36. The zero-order valence-electron chi connectivity index (χ0n) is 11.3. The van der Waals surface area contributed by atoms with E-state index >= 15 is 0 Å². The van der Waals surface area contributed by atoms with Crippen LogP contribution in [0.5, 0.6) is 0 Å². The Balaban J connectivity index is 1.67. The Kier molecular flexibility index (Phi) is 4.04. The Morgan fingerprint density at radius 2 is 2.10 bits per heavy atom. The zero-order chi connectivity index (χ0) is 14.2. The summed E-state index contributed by atoms with van der Waals surface area (Å²) in [4.78, 5) is 0. The number of benzene rings is 1. The average Bonchev–Trinajstić information content (AvgIpc) is 2.36. The fourth-order valence-corrected chi connectivity index (χ4v) is 4.18. The van der Waals surface area contributed by atoms with Gasteiger partial charge in [0.2, 0.25) is 0 Å². The summed E-state index contributed by atoms with van der Waals surface area (Å²) >= 11 is 5.97. The van der Waals surface area contributed by atoms with Gasteiger partial charge in [0.25, 0.3) is 10.2 Å². The van der Waals surface area contributed by atoms with Gasteiger partial charge in [-0.1, -0.05) is 24.1 Å². The quantitative estimate of drug-likeness (QED) is 0.927. The van der Waals surface area contributed by atoms with Crippen molar-refractivity contribution < 1.29 is 8.42 Å². The van der Waals surface area contributed by atoms with E-state index in [1.807, 2.05) is 18.2 Å². The van der Waals surface area contributed by atoms with Crippen molar-refractivity contribution in [3.05, 3.63) is 34.3 Å². The van der Waals surface area contributed by atoms with E-state index in [4.69, 9.17) is 11.6 Å². The number of nitrogens with zero attached hydrogens (tertiary/aromatic N) is 1. The normalized spacial score (nSPS) is 20.4. The van der Waals surface area contributed by atoms with E-state index in [1.54, 1.807) is 0 Å². The van der Waals surface area contributed by atoms with Crippen LogP contribution in [0.4, 0.5) is 0 Å². The zero-order valence-corrected chi connectivity index (χ0v) is 12.9. The molecule has 0 atom stereocenters. The summed E-state index contributed by atoms with van der Waals surface area (Å²) in [5.41, 5.74) is 2.21. The first-order valence-corrected chi connectivity index (χ1v) is 8.88. The predicted molar refractivity (Wildman–Crippen MR) is 79.8 cm³/mol. The summed E-state index contributed by atoms with van der Waals surface area (Å²) in [6.45, 7) is 1.53. The Morgan fingerprint density at radius 1 is 1.30 bits per heavy atom. The summed E-state index contributed by atoms with van der Waals surface area (Å²) in [6.07, 6.45) is 4.23. The van der Waals surface area contributed by atoms with E-state index in [2.05, 4.69) is 4.72 Å². The number of halogens is 1. The van der Waals surface area contributed by atoms with Gasteiger partial charge in [-0.2, -0.15) is 12.7 Å². The number of hydrogen-bond donors (Lipinski definition) is 1. The topological polar surface area (TPSA) is 49.4 Å². The van der Waals surface area contributed by atoms with Gasteiger partial charge in [0.1, 0.15) is 0 Å².